The van der Waals surface area contributed by atoms with Gasteiger partial charge in [-0.1, -0.05) is 25.5 Å². The Morgan fingerprint density at radius 2 is 2.15 bits per heavy atom. The molecule has 1 amide bonds. The van der Waals surface area contributed by atoms with Crippen molar-refractivity contribution in [3.63, 3.8) is 0 Å². The van der Waals surface area contributed by atoms with Gasteiger partial charge in [0.05, 0.1) is 25.9 Å². The maximum absolute atomic E-state index is 12.5. The summed E-state index contributed by atoms with van der Waals surface area (Å²) in [6.07, 6.45) is 3.40. The molecule has 1 aromatic carbocycles. The van der Waals surface area contributed by atoms with Gasteiger partial charge < -0.3 is 14.7 Å². The normalized spacial score (nSPS) is 19.1. The van der Waals surface area contributed by atoms with Crippen molar-refractivity contribution in [2.45, 2.75) is 32.2 Å². The number of morpholine rings is 1. The zero-order valence-corrected chi connectivity index (χ0v) is 12.0. The molecule has 0 aromatic heterocycles. The highest BCUT2D eigenvalue weighted by molar-refractivity contribution is 5.94. The average molecular weight is 277 g/mol. The first-order chi connectivity index (χ1) is 9.76. The second kappa shape index (κ2) is 7.41. The molecule has 1 aliphatic rings. The molecule has 4 heteroatoms. The number of hydrogen-bond acceptors (Lipinski definition) is 3. The van der Waals surface area contributed by atoms with Gasteiger partial charge in [0, 0.05) is 12.1 Å². The van der Waals surface area contributed by atoms with E-state index >= 15 is 0 Å². The fourth-order valence-electron chi connectivity index (χ4n) is 2.43. The van der Waals surface area contributed by atoms with Crippen LogP contribution in [-0.2, 0) is 11.2 Å². The van der Waals surface area contributed by atoms with Crippen LogP contribution in [0.1, 0.15) is 35.7 Å². The Kier molecular flexibility index (Phi) is 5.56. The molecule has 1 aliphatic heterocycles. The third-order valence-electron chi connectivity index (χ3n) is 3.72. The number of unbranched alkanes of at least 4 members (excludes halogenated alkanes) is 1. The van der Waals surface area contributed by atoms with Crippen molar-refractivity contribution >= 4 is 5.91 Å². The number of nitrogens with zero attached hydrogens (tertiary/aromatic N) is 1. The Morgan fingerprint density at radius 1 is 1.40 bits per heavy atom. The predicted octanol–water partition coefficient (Wildman–Crippen LogP) is 1.86. The Balaban J connectivity index is 2.04. The van der Waals surface area contributed by atoms with Crippen LogP contribution in [0.3, 0.4) is 0 Å². The molecule has 2 rings (SSSR count). The third kappa shape index (κ3) is 3.58. The fourth-order valence-corrected chi connectivity index (χ4v) is 2.43. The molecule has 1 aromatic rings. The van der Waals surface area contributed by atoms with Crippen LogP contribution in [-0.4, -0.2) is 48.3 Å². The van der Waals surface area contributed by atoms with Crippen molar-refractivity contribution in [2.24, 2.45) is 0 Å². The van der Waals surface area contributed by atoms with Gasteiger partial charge in [-0.3, -0.25) is 4.79 Å². The molecular formula is C16H23NO3. The number of amides is 1. The van der Waals surface area contributed by atoms with Crippen molar-refractivity contribution in [1.29, 1.82) is 0 Å². The lowest BCUT2D eigenvalue weighted by Gasteiger charge is -2.34. The number of aryl methyl sites for hydroxylation is 1. The molecule has 0 radical (unpaired) electrons. The van der Waals surface area contributed by atoms with Gasteiger partial charge in [-0.05, 0) is 30.5 Å². The molecule has 0 aliphatic carbocycles. The molecule has 0 spiro atoms. The summed E-state index contributed by atoms with van der Waals surface area (Å²) in [5.41, 5.74) is 1.95. The van der Waals surface area contributed by atoms with E-state index in [4.69, 9.17) is 4.74 Å². The Bertz CT molecular complexity index is 430. The molecule has 1 atom stereocenters. The molecule has 1 saturated heterocycles. The van der Waals surface area contributed by atoms with Crippen LogP contribution in [0, 0.1) is 0 Å². The number of aliphatic hydroxyl groups excluding tert-OH is 1. The largest absolute Gasteiger partial charge is 0.394 e. The number of rotatable bonds is 5. The molecule has 1 fully saturated rings. The van der Waals surface area contributed by atoms with E-state index in [2.05, 4.69) is 6.92 Å². The Morgan fingerprint density at radius 3 is 2.80 bits per heavy atom. The Hall–Kier alpha value is -1.39. The summed E-state index contributed by atoms with van der Waals surface area (Å²) in [7, 11) is 0. The first kappa shape index (κ1) is 15.0. The standard InChI is InChI=1S/C16H23NO3/c1-2-3-4-13-5-7-14(8-6-13)16(19)17-9-10-20-12-15(17)11-18/h5-8,15,18H,2-4,9-12H2,1H3. The van der Waals surface area contributed by atoms with Crippen molar-refractivity contribution in [2.75, 3.05) is 26.4 Å². The predicted molar refractivity (Wildman–Crippen MR) is 77.8 cm³/mol. The summed E-state index contributed by atoms with van der Waals surface area (Å²) >= 11 is 0. The van der Waals surface area contributed by atoms with E-state index in [1.54, 1.807) is 4.90 Å². The van der Waals surface area contributed by atoms with Crippen molar-refractivity contribution in [3.8, 4) is 0 Å². The molecule has 110 valence electrons. The molecule has 4 nitrogen and oxygen atoms in total. The summed E-state index contributed by atoms with van der Waals surface area (Å²) in [4.78, 5) is 14.2. The van der Waals surface area contributed by atoms with Crippen molar-refractivity contribution < 1.29 is 14.6 Å². The SMILES string of the molecule is CCCCc1ccc(C(=O)N2CCOCC2CO)cc1. The number of carbonyl (C=O) groups is 1. The molecule has 1 heterocycles. The minimum absolute atomic E-state index is 0.0191. The maximum Gasteiger partial charge on any atom is 0.254 e. The molecule has 20 heavy (non-hydrogen) atoms. The molecular weight excluding hydrogens is 254 g/mol. The lowest BCUT2D eigenvalue weighted by atomic mass is 10.1. The van der Waals surface area contributed by atoms with Gasteiger partial charge in [0.15, 0.2) is 0 Å². The van der Waals surface area contributed by atoms with E-state index in [-0.39, 0.29) is 18.6 Å². The van der Waals surface area contributed by atoms with Gasteiger partial charge in [-0.15, -0.1) is 0 Å². The first-order valence-corrected chi connectivity index (χ1v) is 7.34. The van der Waals surface area contributed by atoms with E-state index in [1.807, 2.05) is 24.3 Å². The molecule has 0 saturated carbocycles. The number of aliphatic hydroxyl groups is 1. The van der Waals surface area contributed by atoms with E-state index < -0.39 is 0 Å². The van der Waals surface area contributed by atoms with E-state index in [0.29, 0.717) is 25.3 Å². The summed E-state index contributed by atoms with van der Waals surface area (Å²) < 4.78 is 5.30. The average Bonchev–Trinajstić information content (AvgIpc) is 2.52. The monoisotopic (exact) mass is 277 g/mol. The number of benzene rings is 1. The van der Waals surface area contributed by atoms with E-state index in [1.165, 1.54) is 18.4 Å². The van der Waals surface area contributed by atoms with Gasteiger partial charge in [0.25, 0.3) is 5.91 Å². The zero-order chi connectivity index (χ0) is 14.4. The number of hydrogen-bond donors (Lipinski definition) is 1. The van der Waals surface area contributed by atoms with Crippen LogP contribution < -0.4 is 0 Å². The molecule has 1 N–H and O–H groups in total. The van der Waals surface area contributed by atoms with Crippen LogP contribution in [0.5, 0.6) is 0 Å². The lowest BCUT2D eigenvalue weighted by molar-refractivity contribution is -0.0183. The lowest BCUT2D eigenvalue weighted by Crippen LogP contribution is -2.50. The Labute approximate surface area is 120 Å². The highest BCUT2D eigenvalue weighted by Gasteiger charge is 2.27. The summed E-state index contributed by atoms with van der Waals surface area (Å²) in [5, 5.41) is 9.32. The maximum atomic E-state index is 12.5. The second-order valence-electron chi connectivity index (χ2n) is 5.21. The van der Waals surface area contributed by atoms with Crippen LogP contribution in [0.2, 0.25) is 0 Å². The summed E-state index contributed by atoms with van der Waals surface area (Å²) in [6, 6.07) is 7.60. The van der Waals surface area contributed by atoms with Crippen molar-refractivity contribution in [3.05, 3.63) is 35.4 Å². The van der Waals surface area contributed by atoms with Gasteiger partial charge >= 0.3 is 0 Å². The second-order valence-corrected chi connectivity index (χ2v) is 5.21. The first-order valence-electron chi connectivity index (χ1n) is 7.34. The minimum atomic E-state index is -0.226. The van der Waals surface area contributed by atoms with Crippen LogP contribution >= 0.6 is 0 Å². The van der Waals surface area contributed by atoms with Gasteiger partial charge in [-0.25, -0.2) is 0 Å². The summed E-state index contributed by atoms with van der Waals surface area (Å²) in [5.74, 6) is -0.0191. The van der Waals surface area contributed by atoms with Crippen molar-refractivity contribution in [1.82, 2.24) is 4.90 Å². The van der Waals surface area contributed by atoms with Gasteiger partial charge in [-0.2, -0.15) is 0 Å². The number of carbonyl (C=O) groups excluding carboxylic acids is 1. The number of ether oxygens (including phenoxy) is 1. The molecule has 1 unspecified atom stereocenters. The van der Waals surface area contributed by atoms with Crippen LogP contribution in [0.15, 0.2) is 24.3 Å². The van der Waals surface area contributed by atoms with E-state index in [9.17, 15) is 9.90 Å². The topological polar surface area (TPSA) is 49.8 Å². The van der Waals surface area contributed by atoms with E-state index in [0.717, 1.165) is 6.42 Å². The molecule has 0 bridgehead atoms. The quantitative estimate of drug-likeness (QED) is 0.894. The smallest absolute Gasteiger partial charge is 0.254 e. The zero-order valence-electron chi connectivity index (χ0n) is 12.0. The summed E-state index contributed by atoms with van der Waals surface area (Å²) in [6.45, 7) is 3.61. The van der Waals surface area contributed by atoms with Crippen LogP contribution in [0.4, 0.5) is 0 Å². The van der Waals surface area contributed by atoms with Gasteiger partial charge in [0.1, 0.15) is 0 Å². The highest BCUT2D eigenvalue weighted by atomic mass is 16.5. The van der Waals surface area contributed by atoms with Crippen LogP contribution in [0.25, 0.3) is 0 Å². The highest BCUT2D eigenvalue weighted by Crippen LogP contribution is 2.14. The third-order valence-corrected chi connectivity index (χ3v) is 3.72. The fraction of sp³-hybridized carbons (Fsp3) is 0.562. The minimum Gasteiger partial charge on any atom is -0.394 e. The van der Waals surface area contributed by atoms with Gasteiger partial charge in [0.2, 0.25) is 0 Å².